The van der Waals surface area contributed by atoms with Crippen molar-refractivity contribution in [1.29, 1.82) is 0 Å². The second-order valence-corrected chi connectivity index (χ2v) is 13.6. The number of carbonyl (C=O) groups is 2. The van der Waals surface area contributed by atoms with Gasteiger partial charge in [-0.2, -0.15) is 0 Å². The molecule has 1 saturated heterocycles. The molecule has 2 aromatic carbocycles. The van der Waals surface area contributed by atoms with E-state index in [9.17, 15) is 28.6 Å². The monoisotopic (exact) mass is 730 g/mol. The fourth-order valence-electron chi connectivity index (χ4n) is 7.05. The SMILES string of the molecule is C=N/C=c1\c(=C/C)n(C)c2cc(-c3ccc(O[C@H]4C[C@H](OCCCC(F)(F)COC5CCN(c6ccc(C(=O)O)c(C(=O)O)c6)CC5)C4)nc3)ccc12. The summed E-state index contributed by atoms with van der Waals surface area (Å²) in [6.07, 6.45) is 7.39. The number of aromatic carboxylic acids is 2. The minimum absolute atomic E-state index is 0.0399. The number of carboxylic acid groups (broad SMARTS) is 2. The second kappa shape index (κ2) is 16.3. The number of piperidine rings is 1. The Morgan fingerprint density at radius 1 is 0.981 bits per heavy atom. The molecule has 4 aromatic rings. The quantitative estimate of drug-likeness (QED) is 0.113. The Morgan fingerprint density at radius 2 is 1.72 bits per heavy atom. The number of halogens is 2. The van der Waals surface area contributed by atoms with Crippen LogP contribution in [0.15, 0.2) is 59.7 Å². The number of aliphatic imine (C=N–C) groups is 1. The number of anilines is 1. The topological polar surface area (TPSA) is 136 Å². The number of rotatable bonds is 15. The summed E-state index contributed by atoms with van der Waals surface area (Å²) in [6.45, 7) is 6.11. The van der Waals surface area contributed by atoms with E-state index >= 15 is 0 Å². The Morgan fingerprint density at radius 3 is 2.38 bits per heavy atom. The number of carboxylic acids is 2. The summed E-state index contributed by atoms with van der Waals surface area (Å²) >= 11 is 0. The molecule has 0 radical (unpaired) electrons. The molecule has 0 bridgehead atoms. The van der Waals surface area contributed by atoms with Gasteiger partial charge in [0, 0.05) is 97.2 Å². The summed E-state index contributed by atoms with van der Waals surface area (Å²) in [4.78, 5) is 33.3. The molecule has 0 atom stereocenters. The average Bonchev–Trinajstić information content (AvgIpc) is 3.40. The average molecular weight is 731 g/mol. The van der Waals surface area contributed by atoms with Crippen LogP contribution < -0.4 is 20.2 Å². The molecule has 2 N–H and O–H groups in total. The van der Waals surface area contributed by atoms with Crippen molar-refractivity contribution in [3.63, 3.8) is 0 Å². The molecule has 280 valence electrons. The van der Waals surface area contributed by atoms with Gasteiger partial charge in [0.1, 0.15) is 12.7 Å². The fraction of sp³-hybridized carbons (Fsp3) is 0.400. The zero-order chi connectivity index (χ0) is 37.7. The van der Waals surface area contributed by atoms with Crippen molar-refractivity contribution >= 4 is 47.5 Å². The molecule has 3 heterocycles. The summed E-state index contributed by atoms with van der Waals surface area (Å²) < 4.78 is 48.8. The number of aromatic nitrogens is 2. The van der Waals surface area contributed by atoms with Crippen LogP contribution in [0.3, 0.4) is 0 Å². The first-order valence-corrected chi connectivity index (χ1v) is 17.8. The van der Waals surface area contributed by atoms with E-state index < -0.39 is 24.5 Å². The summed E-state index contributed by atoms with van der Waals surface area (Å²) in [5.41, 5.74) is 3.09. The van der Waals surface area contributed by atoms with Crippen LogP contribution >= 0.6 is 0 Å². The third-order valence-electron chi connectivity index (χ3n) is 10.0. The van der Waals surface area contributed by atoms with Gasteiger partial charge < -0.3 is 33.9 Å². The van der Waals surface area contributed by atoms with E-state index in [4.69, 9.17) is 14.2 Å². The summed E-state index contributed by atoms with van der Waals surface area (Å²) in [5.74, 6) is -5.09. The van der Waals surface area contributed by atoms with Gasteiger partial charge in [-0.25, -0.2) is 23.4 Å². The number of benzene rings is 2. The van der Waals surface area contributed by atoms with Gasteiger partial charge in [0.15, 0.2) is 0 Å². The molecule has 2 aliphatic rings. The van der Waals surface area contributed by atoms with Crippen LogP contribution in [0.5, 0.6) is 5.88 Å². The van der Waals surface area contributed by atoms with Crippen LogP contribution in [0.25, 0.3) is 34.3 Å². The smallest absolute Gasteiger partial charge is 0.336 e. The minimum atomic E-state index is -2.99. The van der Waals surface area contributed by atoms with Gasteiger partial charge in [0.25, 0.3) is 5.92 Å². The van der Waals surface area contributed by atoms with Crippen molar-refractivity contribution in [2.45, 2.75) is 69.7 Å². The number of hydrogen-bond acceptors (Lipinski definition) is 8. The molecule has 13 heteroatoms. The molecule has 1 saturated carbocycles. The predicted molar refractivity (Wildman–Crippen MR) is 199 cm³/mol. The lowest BCUT2D eigenvalue weighted by atomic mass is 9.92. The van der Waals surface area contributed by atoms with Crippen LogP contribution in [0.2, 0.25) is 0 Å². The molecule has 1 aliphatic heterocycles. The Labute approximate surface area is 305 Å². The highest BCUT2D eigenvalue weighted by Crippen LogP contribution is 2.31. The highest BCUT2D eigenvalue weighted by atomic mass is 19.3. The predicted octanol–water partition coefficient (Wildman–Crippen LogP) is 5.90. The molecule has 6 rings (SSSR count). The molecule has 1 aliphatic carbocycles. The van der Waals surface area contributed by atoms with E-state index in [0.29, 0.717) is 50.3 Å². The lowest BCUT2D eigenvalue weighted by Gasteiger charge is -2.35. The number of aryl methyl sites for hydroxylation is 1. The van der Waals surface area contributed by atoms with Crippen LogP contribution in [0.4, 0.5) is 14.5 Å². The maximum Gasteiger partial charge on any atom is 0.336 e. The van der Waals surface area contributed by atoms with Crippen LogP contribution in [0.1, 0.15) is 66.2 Å². The van der Waals surface area contributed by atoms with E-state index in [1.807, 2.05) is 31.0 Å². The van der Waals surface area contributed by atoms with Gasteiger partial charge in [-0.15, -0.1) is 0 Å². The standard InChI is InChI=1S/C40H44F2N4O7/c1-4-35-34(23-43-2)31-9-6-25(18-36(31)45(35)3)26-7-11-37(44-22-26)53-30-20-29(21-30)51-17-5-14-40(41,42)24-52-28-12-15-46(16-13-28)27-8-10-32(38(47)48)33(19-27)39(49)50/h4,6-11,18-19,22-23,28-30H,2,5,12-17,20-21,24H2,1,3H3,(H,47,48)(H,49,50)/b34-23-,35-4+/t29-,30-. The Balaban J connectivity index is 0.880. The zero-order valence-electron chi connectivity index (χ0n) is 29.8. The fourth-order valence-corrected chi connectivity index (χ4v) is 7.05. The van der Waals surface area contributed by atoms with Crippen LogP contribution in [-0.2, 0) is 16.5 Å². The number of alkyl halides is 2. The Bertz CT molecular complexity index is 2090. The van der Waals surface area contributed by atoms with Crippen molar-refractivity contribution in [2.24, 2.45) is 12.0 Å². The van der Waals surface area contributed by atoms with Gasteiger partial charge in [0.05, 0.1) is 23.3 Å². The van der Waals surface area contributed by atoms with Crippen molar-refractivity contribution in [3.8, 4) is 17.0 Å². The van der Waals surface area contributed by atoms with Gasteiger partial charge in [-0.05, 0) is 68.8 Å². The first kappa shape index (κ1) is 37.6. The Hall–Kier alpha value is -5.14. The zero-order valence-corrected chi connectivity index (χ0v) is 29.8. The van der Waals surface area contributed by atoms with Crippen molar-refractivity contribution < 1.29 is 42.8 Å². The van der Waals surface area contributed by atoms with Crippen LogP contribution in [0, 0.1) is 0 Å². The van der Waals surface area contributed by atoms with Crippen molar-refractivity contribution in [2.75, 3.05) is 31.2 Å². The largest absolute Gasteiger partial charge is 0.478 e. The summed E-state index contributed by atoms with van der Waals surface area (Å²) in [7, 11) is 2.03. The molecule has 0 amide bonds. The van der Waals surface area contributed by atoms with Gasteiger partial charge in [-0.3, -0.25) is 4.99 Å². The third kappa shape index (κ3) is 8.74. The second-order valence-electron chi connectivity index (χ2n) is 13.6. The molecule has 11 nitrogen and oxygen atoms in total. The van der Waals surface area contributed by atoms with E-state index in [-0.39, 0.29) is 48.9 Å². The number of nitrogens with zero attached hydrogens (tertiary/aromatic N) is 4. The molecular formula is C40H44F2N4O7. The van der Waals surface area contributed by atoms with Gasteiger partial charge in [-0.1, -0.05) is 18.2 Å². The maximum absolute atomic E-state index is 14.6. The Kier molecular flexibility index (Phi) is 11.5. The molecule has 2 aromatic heterocycles. The number of pyridine rings is 1. The first-order chi connectivity index (χ1) is 25.5. The highest BCUT2D eigenvalue weighted by Gasteiger charge is 2.34. The molecule has 0 spiro atoms. The normalized spacial score (nSPS) is 18.7. The van der Waals surface area contributed by atoms with Crippen molar-refractivity contribution in [1.82, 2.24) is 9.55 Å². The maximum atomic E-state index is 14.6. The number of hydrogen-bond donors (Lipinski definition) is 2. The highest BCUT2D eigenvalue weighted by molar-refractivity contribution is 6.02. The van der Waals surface area contributed by atoms with Gasteiger partial charge in [0.2, 0.25) is 5.88 Å². The lowest BCUT2D eigenvalue weighted by Crippen LogP contribution is -2.40. The third-order valence-corrected chi connectivity index (χ3v) is 10.0. The van der Waals surface area contributed by atoms with E-state index in [1.165, 1.54) is 12.1 Å². The summed E-state index contributed by atoms with van der Waals surface area (Å²) in [5, 5.41) is 21.9. The lowest BCUT2D eigenvalue weighted by molar-refractivity contribution is -0.114. The van der Waals surface area contributed by atoms with Crippen LogP contribution in [-0.4, -0.2) is 89.0 Å². The number of fused-ring (bicyclic) bond motifs is 1. The number of ether oxygens (including phenoxy) is 3. The molecule has 2 fully saturated rings. The van der Waals surface area contributed by atoms with E-state index in [1.54, 1.807) is 18.5 Å². The molecular weight excluding hydrogens is 686 g/mol. The molecule has 53 heavy (non-hydrogen) atoms. The molecule has 0 unspecified atom stereocenters. The van der Waals surface area contributed by atoms with Gasteiger partial charge >= 0.3 is 11.9 Å². The van der Waals surface area contributed by atoms with Crippen molar-refractivity contribution in [3.05, 3.63) is 76.4 Å². The van der Waals surface area contributed by atoms with E-state index in [0.717, 1.165) is 32.6 Å². The summed E-state index contributed by atoms with van der Waals surface area (Å²) in [6, 6.07) is 14.3. The first-order valence-electron chi connectivity index (χ1n) is 17.8. The van der Waals surface area contributed by atoms with E-state index in [2.05, 4.69) is 45.5 Å². The minimum Gasteiger partial charge on any atom is -0.478 e.